The van der Waals surface area contributed by atoms with Crippen LogP contribution in [0, 0.1) is 0 Å². The number of carbonyl (C=O) groups is 2. The number of nitrogen functional groups attached to an aromatic ring is 1. The number of anilines is 3. The molecular weight excluding hydrogens is 412 g/mol. The molecule has 3 aromatic carbocycles. The highest BCUT2D eigenvalue weighted by atomic mass is 16.2. The second-order valence-corrected chi connectivity index (χ2v) is 8.43. The van der Waals surface area contributed by atoms with Crippen molar-refractivity contribution in [1.29, 1.82) is 0 Å². The maximum atomic E-state index is 13.0. The van der Waals surface area contributed by atoms with E-state index in [-0.39, 0.29) is 11.8 Å². The Labute approximate surface area is 193 Å². The van der Waals surface area contributed by atoms with Gasteiger partial charge in [0.05, 0.1) is 11.3 Å². The van der Waals surface area contributed by atoms with E-state index in [0.29, 0.717) is 22.5 Å². The minimum atomic E-state index is -0.182. The fraction of sp³-hybridized carbons (Fsp3) is 0.185. The van der Waals surface area contributed by atoms with Gasteiger partial charge in [-0.05, 0) is 67.3 Å². The minimum absolute atomic E-state index is 0.0717. The second-order valence-electron chi connectivity index (χ2n) is 8.43. The quantitative estimate of drug-likeness (QED) is 0.402. The van der Waals surface area contributed by atoms with Crippen molar-refractivity contribution in [3.63, 3.8) is 0 Å². The second kappa shape index (κ2) is 8.82. The summed E-state index contributed by atoms with van der Waals surface area (Å²) in [4.78, 5) is 27.7. The van der Waals surface area contributed by atoms with Gasteiger partial charge in [-0.3, -0.25) is 9.59 Å². The number of piperidine rings is 1. The molecule has 2 amide bonds. The van der Waals surface area contributed by atoms with Gasteiger partial charge in [-0.1, -0.05) is 30.3 Å². The molecule has 2 aliphatic rings. The number of rotatable bonds is 4. The highest BCUT2D eigenvalue weighted by molar-refractivity contribution is 6.37. The molecule has 0 saturated carbocycles. The molecule has 5 rings (SSSR count). The zero-order valence-electron chi connectivity index (χ0n) is 18.3. The van der Waals surface area contributed by atoms with Crippen molar-refractivity contribution >= 4 is 40.1 Å². The average Bonchev–Trinajstić information content (AvgIpc) is 3.18. The molecule has 4 N–H and O–H groups in total. The van der Waals surface area contributed by atoms with Gasteiger partial charge in [0.1, 0.15) is 0 Å². The fourth-order valence-corrected chi connectivity index (χ4v) is 4.44. The molecule has 2 heterocycles. The third-order valence-electron chi connectivity index (χ3n) is 6.15. The smallest absolute Gasteiger partial charge is 0.258 e. The molecule has 6 nitrogen and oxygen atoms in total. The van der Waals surface area contributed by atoms with E-state index in [9.17, 15) is 9.59 Å². The Balaban J connectivity index is 1.50. The maximum Gasteiger partial charge on any atom is 0.258 e. The van der Waals surface area contributed by atoms with Gasteiger partial charge in [-0.25, -0.2) is 0 Å². The molecule has 0 aliphatic carbocycles. The van der Waals surface area contributed by atoms with Crippen molar-refractivity contribution in [2.75, 3.05) is 29.5 Å². The number of nitrogens with zero attached hydrogens (tertiary/aromatic N) is 1. The van der Waals surface area contributed by atoms with Gasteiger partial charge in [0.25, 0.3) is 11.8 Å². The van der Waals surface area contributed by atoms with Crippen LogP contribution in [-0.4, -0.2) is 29.8 Å². The van der Waals surface area contributed by atoms with Gasteiger partial charge in [-0.15, -0.1) is 0 Å². The molecule has 0 unspecified atom stereocenters. The lowest BCUT2D eigenvalue weighted by Crippen LogP contribution is -2.35. The molecule has 0 bridgehead atoms. The molecule has 3 aromatic rings. The van der Waals surface area contributed by atoms with Crippen molar-refractivity contribution in [2.24, 2.45) is 0 Å². The standard InChI is InChI=1S/C27H26N4O2/c28-20-11-14-23-22(17-20)24(26(32)30-23)25(18-7-3-1-4-8-18)29-21-12-9-19(10-13-21)27(33)31-15-5-2-6-16-31/h1,3-4,7-14,17,29H,2,5-6,15-16,28H2,(H,30,32). The highest BCUT2D eigenvalue weighted by Gasteiger charge is 2.28. The number of nitrogens with one attached hydrogen (secondary N) is 2. The summed E-state index contributed by atoms with van der Waals surface area (Å²) >= 11 is 0. The molecule has 0 atom stereocenters. The lowest BCUT2D eigenvalue weighted by Gasteiger charge is -2.26. The summed E-state index contributed by atoms with van der Waals surface area (Å²) in [5, 5.41) is 6.36. The Morgan fingerprint density at radius 1 is 0.879 bits per heavy atom. The predicted molar refractivity (Wildman–Crippen MR) is 133 cm³/mol. The van der Waals surface area contributed by atoms with E-state index < -0.39 is 0 Å². The van der Waals surface area contributed by atoms with E-state index >= 15 is 0 Å². The SMILES string of the molecule is Nc1ccc2c(c1)C(=C(Nc1ccc(C(=O)N3CCCCC3)cc1)c1ccccc1)C(=O)N2. The average molecular weight is 439 g/mol. The van der Waals surface area contributed by atoms with Crippen molar-refractivity contribution in [1.82, 2.24) is 4.90 Å². The molecule has 1 fully saturated rings. The van der Waals surface area contributed by atoms with Gasteiger partial charge in [0.15, 0.2) is 0 Å². The Kier molecular flexibility index (Phi) is 5.57. The van der Waals surface area contributed by atoms with E-state index in [1.165, 1.54) is 6.42 Å². The topological polar surface area (TPSA) is 87.5 Å². The molecular formula is C27H26N4O2. The van der Waals surface area contributed by atoms with Crippen LogP contribution in [0.3, 0.4) is 0 Å². The lowest BCUT2D eigenvalue weighted by atomic mass is 9.99. The molecule has 2 aliphatic heterocycles. The largest absolute Gasteiger partial charge is 0.399 e. The van der Waals surface area contributed by atoms with E-state index in [4.69, 9.17) is 5.73 Å². The van der Waals surface area contributed by atoms with Gasteiger partial charge in [-0.2, -0.15) is 0 Å². The molecule has 166 valence electrons. The molecule has 0 radical (unpaired) electrons. The summed E-state index contributed by atoms with van der Waals surface area (Å²) in [6.45, 7) is 1.64. The van der Waals surface area contributed by atoms with Gasteiger partial charge >= 0.3 is 0 Å². The van der Waals surface area contributed by atoms with Crippen molar-refractivity contribution in [2.45, 2.75) is 19.3 Å². The Morgan fingerprint density at radius 3 is 2.33 bits per heavy atom. The number of amides is 2. The van der Waals surface area contributed by atoms with E-state index in [1.807, 2.05) is 71.6 Å². The first-order chi connectivity index (χ1) is 16.1. The van der Waals surface area contributed by atoms with Crippen LogP contribution in [0.5, 0.6) is 0 Å². The summed E-state index contributed by atoms with van der Waals surface area (Å²) in [5.74, 6) is -0.110. The number of carbonyl (C=O) groups excluding carboxylic acids is 2. The van der Waals surface area contributed by atoms with Crippen LogP contribution in [0.4, 0.5) is 17.1 Å². The number of fused-ring (bicyclic) bond motifs is 1. The highest BCUT2D eigenvalue weighted by Crippen LogP contribution is 2.38. The molecule has 6 heteroatoms. The van der Waals surface area contributed by atoms with Crippen LogP contribution < -0.4 is 16.4 Å². The van der Waals surface area contributed by atoms with Crippen LogP contribution in [-0.2, 0) is 4.79 Å². The van der Waals surface area contributed by atoms with Gasteiger partial charge < -0.3 is 21.3 Å². The fourth-order valence-electron chi connectivity index (χ4n) is 4.44. The third-order valence-corrected chi connectivity index (χ3v) is 6.15. The Hall–Kier alpha value is -4.06. The van der Waals surface area contributed by atoms with Crippen LogP contribution in [0.1, 0.15) is 40.7 Å². The number of benzene rings is 3. The van der Waals surface area contributed by atoms with Crippen LogP contribution in [0.2, 0.25) is 0 Å². The number of hydrogen-bond donors (Lipinski definition) is 3. The first-order valence-corrected chi connectivity index (χ1v) is 11.3. The molecule has 0 spiro atoms. The van der Waals surface area contributed by atoms with Crippen molar-refractivity contribution in [3.05, 3.63) is 89.5 Å². The summed E-state index contributed by atoms with van der Waals surface area (Å²) in [7, 11) is 0. The van der Waals surface area contributed by atoms with E-state index in [0.717, 1.165) is 48.4 Å². The number of hydrogen-bond acceptors (Lipinski definition) is 4. The summed E-state index contributed by atoms with van der Waals surface area (Å²) < 4.78 is 0. The van der Waals surface area contributed by atoms with E-state index in [1.54, 1.807) is 6.07 Å². The predicted octanol–water partition coefficient (Wildman–Crippen LogP) is 4.83. The molecule has 1 saturated heterocycles. The van der Waals surface area contributed by atoms with Gasteiger partial charge in [0.2, 0.25) is 0 Å². The summed E-state index contributed by atoms with van der Waals surface area (Å²) in [6, 6.07) is 22.6. The number of likely N-dealkylation sites (tertiary alicyclic amines) is 1. The molecule has 0 aromatic heterocycles. The Morgan fingerprint density at radius 2 is 1.61 bits per heavy atom. The van der Waals surface area contributed by atoms with Gasteiger partial charge in [0, 0.05) is 41.3 Å². The van der Waals surface area contributed by atoms with Crippen molar-refractivity contribution < 1.29 is 9.59 Å². The van der Waals surface area contributed by atoms with Crippen LogP contribution in [0.15, 0.2) is 72.8 Å². The Bertz CT molecular complexity index is 1230. The zero-order chi connectivity index (χ0) is 22.8. The summed E-state index contributed by atoms with van der Waals surface area (Å²) in [6.07, 6.45) is 3.31. The maximum absolute atomic E-state index is 13.0. The minimum Gasteiger partial charge on any atom is -0.399 e. The number of nitrogens with two attached hydrogens (primary N) is 1. The van der Waals surface area contributed by atoms with Crippen LogP contribution >= 0.6 is 0 Å². The van der Waals surface area contributed by atoms with E-state index in [2.05, 4.69) is 10.6 Å². The zero-order valence-corrected chi connectivity index (χ0v) is 18.3. The first kappa shape index (κ1) is 20.8. The first-order valence-electron chi connectivity index (χ1n) is 11.3. The normalized spacial score (nSPS) is 16.7. The summed E-state index contributed by atoms with van der Waals surface area (Å²) in [5.41, 5.74) is 11.7. The van der Waals surface area contributed by atoms with Crippen LogP contribution in [0.25, 0.3) is 11.3 Å². The monoisotopic (exact) mass is 438 g/mol. The third kappa shape index (κ3) is 4.20. The molecule has 33 heavy (non-hydrogen) atoms. The lowest BCUT2D eigenvalue weighted by molar-refractivity contribution is -0.110. The van der Waals surface area contributed by atoms with Crippen molar-refractivity contribution in [3.8, 4) is 0 Å².